The summed E-state index contributed by atoms with van der Waals surface area (Å²) in [4.78, 5) is 17.9. The number of aromatic nitrogens is 4. The molecule has 5 nitrogen and oxygen atoms in total. The number of para-hydroxylation sites is 3. The SMILES string of the molecule is c1ccc(-c2cc(-c3ccccc3)cc(N3c4ccccc4C4(c5ccccc5-c5ccc(-c6ccc7c(c6)c6ccccc6n7-c6nc(-c7ccccc7)nc(-c7ccccc7)n6)cc54)c4ccccc43)c2)cc1. The smallest absolute Gasteiger partial charge is 0.238 e. The molecule has 75 heavy (non-hydrogen) atoms. The summed E-state index contributed by atoms with van der Waals surface area (Å²) in [6, 6.07) is 98.8. The molecule has 2 aromatic heterocycles. The summed E-state index contributed by atoms with van der Waals surface area (Å²) in [6.07, 6.45) is 0. The molecule has 0 saturated heterocycles. The second-order valence-corrected chi connectivity index (χ2v) is 19.5. The second kappa shape index (κ2) is 17.1. The Hall–Kier alpha value is -9.97. The fourth-order valence-electron chi connectivity index (χ4n) is 12.2. The van der Waals surface area contributed by atoms with E-state index in [1.54, 1.807) is 0 Å². The van der Waals surface area contributed by atoms with E-state index in [4.69, 9.17) is 15.0 Å². The van der Waals surface area contributed by atoms with Crippen molar-refractivity contribution in [1.82, 2.24) is 19.5 Å². The number of nitrogens with zero attached hydrogens (tertiary/aromatic N) is 5. The summed E-state index contributed by atoms with van der Waals surface area (Å²) in [7, 11) is 0. The largest absolute Gasteiger partial charge is 0.310 e. The average molecular weight is 956 g/mol. The molecule has 0 saturated carbocycles. The van der Waals surface area contributed by atoms with Gasteiger partial charge in [-0.15, -0.1) is 0 Å². The lowest BCUT2D eigenvalue weighted by Crippen LogP contribution is -2.36. The highest BCUT2D eigenvalue weighted by molar-refractivity contribution is 6.10. The predicted octanol–water partition coefficient (Wildman–Crippen LogP) is 17.4. The summed E-state index contributed by atoms with van der Waals surface area (Å²) >= 11 is 0. The van der Waals surface area contributed by atoms with Crippen LogP contribution in [0.15, 0.2) is 273 Å². The molecule has 350 valence electrons. The van der Waals surface area contributed by atoms with Gasteiger partial charge < -0.3 is 4.90 Å². The van der Waals surface area contributed by atoms with Crippen LogP contribution in [-0.4, -0.2) is 19.5 Å². The van der Waals surface area contributed by atoms with Gasteiger partial charge in [0.05, 0.1) is 27.8 Å². The van der Waals surface area contributed by atoms with E-state index in [0.29, 0.717) is 17.6 Å². The molecule has 11 aromatic carbocycles. The van der Waals surface area contributed by atoms with Crippen LogP contribution in [0.4, 0.5) is 17.1 Å². The van der Waals surface area contributed by atoms with Crippen molar-refractivity contribution in [2.24, 2.45) is 0 Å². The Balaban J connectivity index is 0.919. The molecule has 0 atom stereocenters. The third kappa shape index (κ3) is 6.68. The molecular weight excluding hydrogens is 911 g/mol. The lowest BCUT2D eigenvalue weighted by Gasteiger charge is -2.45. The van der Waals surface area contributed by atoms with Gasteiger partial charge in [0.25, 0.3) is 0 Å². The minimum absolute atomic E-state index is 0.575. The average Bonchev–Trinajstić information content (AvgIpc) is 4.07. The molecule has 2 aliphatic rings. The highest BCUT2D eigenvalue weighted by atomic mass is 15.2. The number of hydrogen-bond acceptors (Lipinski definition) is 4. The highest BCUT2D eigenvalue weighted by Gasteiger charge is 2.51. The Labute approximate surface area is 435 Å². The zero-order valence-corrected chi connectivity index (χ0v) is 40.7. The first-order valence-electron chi connectivity index (χ1n) is 25.6. The van der Waals surface area contributed by atoms with Crippen molar-refractivity contribution in [3.05, 3.63) is 295 Å². The maximum Gasteiger partial charge on any atom is 0.238 e. The number of benzene rings is 11. The molecule has 1 aliphatic heterocycles. The van der Waals surface area contributed by atoms with Crippen LogP contribution in [-0.2, 0) is 5.41 Å². The van der Waals surface area contributed by atoms with Crippen molar-refractivity contribution in [3.8, 4) is 73.2 Å². The van der Waals surface area contributed by atoms with E-state index < -0.39 is 5.41 Å². The Morgan fingerprint density at radius 1 is 0.280 bits per heavy atom. The first kappa shape index (κ1) is 42.7. The zero-order valence-electron chi connectivity index (χ0n) is 40.7. The highest BCUT2D eigenvalue weighted by Crippen LogP contribution is 2.64. The Morgan fingerprint density at radius 3 is 1.36 bits per heavy atom. The molecule has 1 aliphatic carbocycles. The van der Waals surface area contributed by atoms with Crippen LogP contribution < -0.4 is 4.90 Å². The maximum absolute atomic E-state index is 5.19. The van der Waals surface area contributed by atoms with Crippen molar-refractivity contribution >= 4 is 38.9 Å². The quantitative estimate of drug-likeness (QED) is 0.160. The fraction of sp³-hybridized carbons (Fsp3) is 0.0143. The fourth-order valence-corrected chi connectivity index (χ4v) is 12.2. The van der Waals surface area contributed by atoms with Crippen LogP contribution in [0.1, 0.15) is 22.3 Å². The van der Waals surface area contributed by atoms with Gasteiger partial charge in [-0.3, -0.25) is 4.57 Å². The van der Waals surface area contributed by atoms with Crippen LogP contribution in [0.5, 0.6) is 0 Å². The monoisotopic (exact) mass is 955 g/mol. The lowest BCUT2D eigenvalue weighted by molar-refractivity contribution is 0.753. The molecule has 13 aromatic rings. The Morgan fingerprint density at radius 2 is 0.747 bits per heavy atom. The molecule has 0 amide bonds. The summed E-state index contributed by atoms with van der Waals surface area (Å²) in [5, 5.41) is 2.26. The van der Waals surface area contributed by atoms with Crippen LogP contribution in [0, 0.1) is 0 Å². The van der Waals surface area contributed by atoms with E-state index in [1.807, 2.05) is 36.4 Å². The third-order valence-corrected chi connectivity index (χ3v) is 15.4. The van der Waals surface area contributed by atoms with Crippen LogP contribution >= 0.6 is 0 Å². The van der Waals surface area contributed by atoms with Crippen molar-refractivity contribution in [2.75, 3.05) is 4.90 Å². The topological polar surface area (TPSA) is 46.8 Å². The van der Waals surface area contributed by atoms with Gasteiger partial charge in [-0.25, -0.2) is 4.98 Å². The predicted molar refractivity (Wildman–Crippen MR) is 307 cm³/mol. The van der Waals surface area contributed by atoms with E-state index in [0.717, 1.165) is 61.1 Å². The minimum atomic E-state index is -0.614. The van der Waals surface area contributed by atoms with Gasteiger partial charge in [0, 0.05) is 27.6 Å². The van der Waals surface area contributed by atoms with Crippen LogP contribution in [0.25, 0.3) is 95.0 Å². The van der Waals surface area contributed by atoms with Gasteiger partial charge in [-0.1, -0.05) is 218 Å². The van der Waals surface area contributed by atoms with Crippen molar-refractivity contribution in [1.29, 1.82) is 0 Å². The molecule has 0 N–H and O–H groups in total. The number of hydrogen-bond donors (Lipinski definition) is 0. The summed E-state index contributed by atoms with van der Waals surface area (Å²) in [5.41, 5.74) is 21.3. The van der Waals surface area contributed by atoms with Gasteiger partial charge in [0.2, 0.25) is 5.95 Å². The molecule has 3 heterocycles. The second-order valence-electron chi connectivity index (χ2n) is 19.5. The number of rotatable bonds is 7. The standard InChI is InChI=1S/C70H45N5/c1-5-21-46(22-6-1)52-41-53(47-23-7-2-8-24-47)43-54(42-52)74-65-35-19-16-32-60(65)70(61-33-17-20-36-66(61)74)59-31-15-13-29-55(59)56-39-37-51(45-62(56)70)50-38-40-64-58(44-50)57-30-14-18-34-63(57)75(64)69-72-67(48-25-9-3-10-26-48)71-68(73-69)49-27-11-4-12-28-49/h1-45H. The van der Waals surface area contributed by atoms with Gasteiger partial charge >= 0.3 is 0 Å². The summed E-state index contributed by atoms with van der Waals surface area (Å²) in [5.74, 6) is 1.83. The van der Waals surface area contributed by atoms with Gasteiger partial charge in [-0.2, -0.15) is 9.97 Å². The molecule has 5 heteroatoms. The maximum atomic E-state index is 5.19. The van der Waals surface area contributed by atoms with Gasteiger partial charge in [-0.05, 0) is 121 Å². The van der Waals surface area contributed by atoms with Crippen molar-refractivity contribution < 1.29 is 0 Å². The molecule has 0 unspecified atom stereocenters. The molecular formula is C70H45N5. The summed E-state index contributed by atoms with van der Waals surface area (Å²) < 4.78 is 2.20. The first-order chi connectivity index (χ1) is 37.2. The van der Waals surface area contributed by atoms with Gasteiger partial charge in [0.15, 0.2) is 11.6 Å². The third-order valence-electron chi connectivity index (χ3n) is 15.4. The van der Waals surface area contributed by atoms with Crippen LogP contribution in [0.3, 0.4) is 0 Å². The van der Waals surface area contributed by atoms with Crippen molar-refractivity contribution in [2.45, 2.75) is 5.41 Å². The molecule has 0 radical (unpaired) electrons. The van der Waals surface area contributed by atoms with E-state index in [1.165, 1.54) is 55.6 Å². The molecule has 0 fully saturated rings. The van der Waals surface area contributed by atoms with E-state index >= 15 is 0 Å². The number of anilines is 3. The van der Waals surface area contributed by atoms with Crippen molar-refractivity contribution in [3.63, 3.8) is 0 Å². The Bertz CT molecular complexity index is 4190. The van der Waals surface area contributed by atoms with Crippen LogP contribution in [0.2, 0.25) is 0 Å². The van der Waals surface area contributed by atoms with E-state index in [9.17, 15) is 0 Å². The molecule has 1 spiro atoms. The zero-order chi connectivity index (χ0) is 49.5. The normalized spacial score (nSPS) is 12.9. The van der Waals surface area contributed by atoms with Gasteiger partial charge in [0.1, 0.15) is 0 Å². The lowest BCUT2D eigenvalue weighted by atomic mass is 9.64. The minimum Gasteiger partial charge on any atom is -0.310 e. The molecule has 0 bridgehead atoms. The molecule has 15 rings (SSSR count). The first-order valence-corrected chi connectivity index (χ1v) is 25.6. The Kier molecular flexibility index (Phi) is 9.72. The van der Waals surface area contributed by atoms with E-state index in [-0.39, 0.29) is 0 Å². The van der Waals surface area contributed by atoms with E-state index in [2.05, 4.69) is 246 Å². The number of fused-ring (bicyclic) bond motifs is 12. The summed E-state index contributed by atoms with van der Waals surface area (Å²) in [6.45, 7) is 0.